The predicted octanol–water partition coefficient (Wildman–Crippen LogP) is 0.714. The molecule has 4 N–H and O–H groups in total. The second-order valence-corrected chi connectivity index (χ2v) is 3.95. The number of hydrogen-bond donors (Lipinski definition) is 2. The summed E-state index contributed by atoms with van der Waals surface area (Å²) in [6.45, 7) is 0.705. The quantitative estimate of drug-likeness (QED) is 0.651. The van der Waals surface area contributed by atoms with Crippen LogP contribution in [0.25, 0.3) is 0 Å². The Balaban J connectivity index is 2.37. The third-order valence-corrected chi connectivity index (χ3v) is 3.10. The van der Waals surface area contributed by atoms with Gasteiger partial charge in [0.15, 0.2) is 5.13 Å². The van der Waals surface area contributed by atoms with Crippen LogP contribution < -0.4 is 11.5 Å². The van der Waals surface area contributed by atoms with Gasteiger partial charge in [0, 0.05) is 17.3 Å². The van der Waals surface area contributed by atoms with E-state index in [1.165, 1.54) is 4.88 Å². The molecule has 0 aromatic carbocycles. The second kappa shape index (κ2) is 2.46. The van der Waals surface area contributed by atoms with Gasteiger partial charge in [-0.3, -0.25) is 0 Å². The topological polar surface area (TPSA) is 64.9 Å². The molecule has 3 nitrogen and oxygen atoms in total. The van der Waals surface area contributed by atoms with Crippen LogP contribution in [0.1, 0.15) is 22.9 Å². The lowest BCUT2D eigenvalue weighted by Gasteiger charge is -2.02. The highest BCUT2D eigenvalue weighted by atomic mass is 32.1. The first-order valence-corrected chi connectivity index (χ1v) is 4.58. The molecule has 1 aromatic rings. The Morgan fingerprint density at radius 2 is 2.45 bits per heavy atom. The molecule has 1 aliphatic rings. The second-order valence-electron chi connectivity index (χ2n) is 2.83. The summed E-state index contributed by atoms with van der Waals surface area (Å²) in [4.78, 5) is 5.61. The molecule has 1 heterocycles. The van der Waals surface area contributed by atoms with Crippen LogP contribution in [0.4, 0.5) is 5.13 Å². The van der Waals surface area contributed by atoms with Crippen LogP contribution in [0, 0.1) is 0 Å². The summed E-state index contributed by atoms with van der Waals surface area (Å²) in [6.07, 6.45) is 2.27. The lowest BCUT2D eigenvalue weighted by atomic mass is 10.1. The number of thiazole rings is 1. The Labute approximate surface area is 69.4 Å². The first kappa shape index (κ1) is 7.06. The highest BCUT2D eigenvalue weighted by molar-refractivity contribution is 7.15. The van der Waals surface area contributed by atoms with Gasteiger partial charge < -0.3 is 11.5 Å². The van der Waals surface area contributed by atoms with Gasteiger partial charge in [-0.2, -0.15) is 0 Å². The van der Waals surface area contributed by atoms with Gasteiger partial charge in [-0.05, 0) is 12.8 Å². The van der Waals surface area contributed by atoms with Gasteiger partial charge in [-0.25, -0.2) is 4.98 Å². The van der Waals surface area contributed by atoms with Crippen LogP contribution in [0.15, 0.2) is 0 Å². The van der Waals surface area contributed by atoms with E-state index in [1.54, 1.807) is 11.3 Å². The number of nitrogen functional groups attached to an aromatic ring is 1. The molecule has 1 aliphatic carbocycles. The van der Waals surface area contributed by atoms with Crippen molar-refractivity contribution in [2.75, 3.05) is 12.3 Å². The lowest BCUT2D eigenvalue weighted by Crippen LogP contribution is -2.09. The first-order valence-electron chi connectivity index (χ1n) is 3.76. The number of nitrogens with zero attached hydrogens (tertiary/aromatic N) is 1. The molecule has 0 spiro atoms. The highest BCUT2D eigenvalue weighted by Gasteiger charge is 2.24. The number of anilines is 1. The Kier molecular flexibility index (Phi) is 1.58. The molecular weight excluding hydrogens is 158 g/mol. The van der Waals surface area contributed by atoms with E-state index in [4.69, 9.17) is 11.5 Å². The maximum atomic E-state index is 5.58. The summed E-state index contributed by atoms with van der Waals surface area (Å²) < 4.78 is 0. The molecule has 1 unspecified atom stereocenters. The first-order chi connectivity index (χ1) is 5.31. The highest BCUT2D eigenvalue weighted by Crippen LogP contribution is 2.36. The molecule has 1 atom stereocenters. The van der Waals surface area contributed by atoms with Gasteiger partial charge in [0.1, 0.15) is 0 Å². The number of aromatic nitrogens is 1. The molecule has 0 bridgehead atoms. The summed E-state index contributed by atoms with van der Waals surface area (Å²) in [5.74, 6) is 0.471. The molecule has 60 valence electrons. The fourth-order valence-corrected chi connectivity index (χ4v) is 2.49. The van der Waals surface area contributed by atoms with Crippen molar-refractivity contribution in [2.24, 2.45) is 5.73 Å². The third kappa shape index (κ3) is 1.02. The summed E-state index contributed by atoms with van der Waals surface area (Å²) in [7, 11) is 0. The van der Waals surface area contributed by atoms with Crippen LogP contribution >= 0.6 is 11.3 Å². The average molecular weight is 169 g/mol. The predicted molar refractivity (Wildman–Crippen MR) is 46.6 cm³/mol. The van der Waals surface area contributed by atoms with Gasteiger partial charge in [0.2, 0.25) is 0 Å². The Morgan fingerprint density at radius 3 is 3.18 bits per heavy atom. The maximum Gasteiger partial charge on any atom is 0.180 e. The van der Waals surface area contributed by atoms with E-state index in [0.717, 1.165) is 18.5 Å². The van der Waals surface area contributed by atoms with Gasteiger partial charge in [0.25, 0.3) is 0 Å². The van der Waals surface area contributed by atoms with Crippen molar-refractivity contribution in [1.82, 2.24) is 4.98 Å². The van der Waals surface area contributed by atoms with Crippen LogP contribution in [-0.2, 0) is 6.42 Å². The lowest BCUT2D eigenvalue weighted by molar-refractivity contribution is 0.675. The fraction of sp³-hybridized carbons (Fsp3) is 0.571. The van der Waals surface area contributed by atoms with Crippen molar-refractivity contribution >= 4 is 16.5 Å². The fourth-order valence-electron chi connectivity index (χ4n) is 1.55. The van der Waals surface area contributed by atoms with Crippen molar-refractivity contribution in [1.29, 1.82) is 0 Å². The van der Waals surface area contributed by atoms with Gasteiger partial charge in [-0.1, -0.05) is 0 Å². The largest absolute Gasteiger partial charge is 0.375 e. The van der Waals surface area contributed by atoms with Gasteiger partial charge in [-0.15, -0.1) is 11.3 Å². The van der Waals surface area contributed by atoms with Crippen molar-refractivity contribution in [3.05, 3.63) is 10.6 Å². The zero-order valence-corrected chi connectivity index (χ0v) is 7.03. The molecule has 1 aromatic heterocycles. The van der Waals surface area contributed by atoms with E-state index >= 15 is 0 Å². The number of fused-ring (bicyclic) bond motifs is 1. The monoisotopic (exact) mass is 169 g/mol. The summed E-state index contributed by atoms with van der Waals surface area (Å²) in [5, 5.41) is 0.688. The molecule has 0 aliphatic heterocycles. The van der Waals surface area contributed by atoms with Crippen molar-refractivity contribution < 1.29 is 0 Å². The molecule has 0 saturated carbocycles. The van der Waals surface area contributed by atoms with Crippen molar-refractivity contribution in [3.63, 3.8) is 0 Å². The van der Waals surface area contributed by atoms with Crippen LogP contribution in [0.2, 0.25) is 0 Å². The van der Waals surface area contributed by atoms with Crippen LogP contribution in [-0.4, -0.2) is 11.5 Å². The van der Waals surface area contributed by atoms with Gasteiger partial charge >= 0.3 is 0 Å². The number of hydrogen-bond acceptors (Lipinski definition) is 4. The molecular formula is C7H11N3S. The molecule has 4 heteroatoms. The maximum absolute atomic E-state index is 5.58. The smallest absolute Gasteiger partial charge is 0.180 e. The Hall–Kier alpha value is -0.610. The van der Waals surface area contributed by atoms with Crippen molar-refractivity contribution in [2.45, 2.75) is 18.8 Å². The van der Waals surface area contributed by atoms with Crippen LogP contribution in [0.3, 0.4) is 0 Å². The molecule has 0 radical (unpaired) electrons. The molecule has 11 heavy (non-hydrogen) atoms. The standard InChI is InChI=1S/C7H11N3S/c8-3-4-1-2-5-6(4)10-7(9)11-5/h4H,1-3,8H2,(H2,9,10). The zero-order valence-electron chi connectivity index (χ0n) is 6.21. The van der Waals surface area contributed by atoms with Crippen molar-refractivity contribution in [3.8, 4) is 0 Å². The Bertz CT molecular complexity index is 269. The van der Waals surface area contributed by atoms with Gasteiger partial charge in [0.05, 0.1) is 5.69 Å². The molecule has 0 amide bonds. The minimum atomic E-state index is 0.471. The molecule has 2 rings (SSSR count). The SMILES string of the molecule is NCC1CCc2sc(N)nc21. The number of nitrogens with two attached hydrogens (primary N) is 2. The average Bonchev–Trinajstić information content (AvgIpc) is 2.45. The number of aryl methyl sites for hydroxylation is 1. The van der Waals surface area contributed by atoms with E-state index in [0.29, 0.717) is 17.6 Å². The molecule has 0 fully saturated rings. The van der Waals surface area contributed by atoms with E-state index in [1.807, 2.05) is 0 Å². The zero-order chi connectivity index (χ0) is 7.84. The summed E-state index contributed by atoms with van der Waals surface area (Å²) >= 11 is 1.61. The number of rotatable bonds is 1. The van der Waals surface area contributed by atoms with Crippen LogP contribution in [0.5, 0.6) is 0 Å². The van der Waals surface area contributed by atoms with E-state index in [-0.39, 0.29) is 0 Å². The minimum Gasteiger partial charge on any atom is -0.375 e. The summed E-state index contributed by atoms with van der Waals surface area (Å²) in [5.41, 5.74) is 12.3. The molecule has 0 saturated heterocycles. The normalized spacial score (nSPS) is 22.1. The van der Waals surface area contributed by atoms with E-state index in [9.17, 15) is 0 Å². The third-order valence-electron chi connectivity index (χ3n) is 2.14. The minimum absolute atomic E-state index is 0.471. The van der Waals surface area contributed by atoms with E-state index in [2.05, 4.69) is 4.98 Å². The Morgan fingerprint density at radius 1 is 1.64 bits per heavy atom. The summed E-state index contributed by atoms with van der Waals surface area (Å²) in [6, 6.07) is 0. The van der Waals surface area contributed by atoms with E-state index < -0.39 is 0 Å².